The first-order valence-corrected chi connectivity index (χ1v) is 5.46. The van der Waals surface area contributed by atoms with Crippen LogP contribution in [0, 0.1) is 5.92 Å². The number of likely N-dealkylation sites (tertiary alicyclic amines) is 1. The number of hydrogen-bond acceptors (Lipinski definition) is 3. The van der Waals surface area contributed by atoms with Gasteiger partial charge in [0.1, 0.15) is 0 Å². The van der Waals surface area contributed by atoms with Gasteiger partial charge in [-0.15, -0.1) is 0 Å². The molecule has 1 amide bonds. The Balaban J connectivity index is 2.21. The summed E-state index contributed by atoms with van der Waals surface area (Å²) in [6.45, 7) is -0.320. The molecule has 0 saturated carbocycles. The van der Waals surface area contributed by atoms with Crippen LogP contribution >= 0.6 is 0 Å². The second-order valence-electron chi connectivity index (χ2n) is 4.70. The number of carbonyl (C=O) groups is 2. The summed E-state index contributed by atoms with van der Waals surface area (Å²) >= 11 is 0. The van der Waals surface area contributed by atoms with E-state index in [1.54, 1.807) is 0 Å². The first-order chi connectivity index (χ1) is 8.26. The van der Waals surface area contributed by atoms with Gasteiger partial charge in [-0.3, -0.25) is 9.59 Å². The van der Waals surface area contributed by atoms with Gasteiger partial charge >= 0.3 is 18.1 Å². The Hall–Kier alpha value is -1.31. The highest BCUT2D eigenvalue weighted by Gasteiger charge is 2.56. The highest BCUT2D eigenvalue weighted by atomic mass is 19.4. The minimum atomic E-state index is -4.98. The zero-order valence-electron chi connectivity index (χ0n) is 9.37. The molecule has 0 radical (unpaired) electrons. The van der Waals surface area contributed by atoms with Gasteiger partial charge in [0.2, 0.25) is 0 Å². The summed E-state index contributed by atoms with van der Waals surface area (Å²) in [6, 6.07) is 0. The van der Waals surface area contributed by atoms with E-state index in [4.69, 9.17) is 9.84 Å². The van der Waals surface area contributed by atoms with Gasteiger partial charge in [-0.2, -0.15) is 13.2 Å². The summed E-state index contributed by atoms with van der Waals surface area (Å²) in [5.41, 5.74) is -0.960. The van der Waals surface area contributed by atoms with Gasteiger partial charge in [-0.1, -0.05) is 0 Å². The first kappa shape index (κ1) is 13.1. The molecule has 0 aromatic carbocycles. The molecule has 8 heteroatoms. The predicted octanol–water partition coefficient (Wildman–Crippen LogP) is 0.641. The molecule has 2 heterocycles. The number of aliphatic carboxylic acids is 1. The van der Waals surface area contributed by atoms with Crippen molar-refractivity contribution in [2.75, 3.05) is 19.8 Å². The van der Waals surface area contributed by atoms with Crippen molar-refractivity contribution in [3.63, 3.8) is 0 Å². The van der Waals surface area contributed by atoms with Crippen LogP contribution in [-0.4, -0.2) is 53.4 Å². The number of piperidine rings is 1. The van der Waals surface area contributed by atoms with Crippen molar-refractivity contribution >= 4 is 11.9 Å². The summed E-state index contributed by atoms with van der Waals surface area (Å²) < 4.78 is 42.4. The third-order valence-corrected chi connectivity index (χ3v) is 3.51. The van der Waals surface area contributed by atoms with Crippen LogP contribution in [-0.2, 0) is 14.3 Å². The maximum Gasteiger partial charge on any atom is 0.471 e. The van der Waals surface area contributed by atoms with E-state index in [9.17, 15) is 22.8 Å². The lowest BCUT2D eigenvalue weighted by Gasteiger charge is -2.53. The fourth-order valence-corrected chi connectivity index (χ4v) is 2.37. The van der Waals surface area contributed by atoms with Gasteiger partial charge in [0, 0.05) is 6.54 Å². The second-order valence-corrected chi connectivity index (χ2v) is 4.70. The highest BCUT2D eigenvalue weighted by Crippen LogP contribution is 2.39. The molecule has 2 aliphatic rings. The van der Waals surface area contributed by atoms with E-state index in [-0.39, 0.29) is 26.1 Å². The Kier molecular flexibility index (Phi) is 3.00. The topological polar surface area (TPSA) is 66.8 Å². The molecular formula is C10H12F3NO4. The highest BCUT2D eigenvalue weighted by molar-refractivity contribution is 5.84. The molecule has 0 bridgehead atoms. The minimum absolute atomic E-state index is 0.0428. The van der Waals surface area contributed by atoms with Crippen molar-refractivity contribution in [3.8, 4) is 0 Å². The number of nitrogens with zero attached hydrogens (tertiary/aromatic N) is 1. The van der Waals surface area contributed by atoms with Gasteiger partial charge in [0.25, 0.3) is 0 Å². The Labute approximate surface area is 100 Å². The molecule has 102 valence electrons. The van der Waals surface area contributed by atoms with E-state index in [2.05, 4.69) is 0 Å². The number of carbonyl (C=O) groups excluding carboxylic acids is 1. The van der Waals surface area contributed by atoms with Gasteiger partial charge in [-0.05, 0) is 12.8 Å². The van der Waals surface area contributed by atoms with E-state index in [1.807, 2.05) is 0 Å². The summed E-state index contributed by atoms with van der Waals surface area (Å²) in [5.74, 6) is -4.09. The molecular weight excluding hydrogens is 255 g/mol. The number of halogens is 3. The zero-order valence-corrected chi connectivity index (χ0v) is 9.37. The summed E-state index contributed by atoms with van der Waals surface area (Å²) in [5, 5.41) is 8.85. The third kappa shape index (κ3) is 2.05. The van der Waals surface area contributed by atoms with E-state index < -0.39 is 36.1 Å². The average molecular weight is 267 g/mol. The smallest absolute Gasteiger partial charge is 0.471 e. The standard InChI is InChI=1S/C10H12F3NO4/c11-10(12,13)8(17)14-3-6(7(15)16)1-2-9(14)4-18-5-9/h6H,1-5H2,(H,15,16). The fourth-order valence-electron chi connectivity index (χ4n) is 2.37. The SMILES string of the molecule is O=C(O)C1CCC2(COC2)N(C(=O)C(F)(F)F)C1. The van der Waals surface area contributed by atoms with Gasteiger partial charge in [0.05, 0.1) is 24.7 Å². The number of amides is 1. The van der Waals surface area contributed by atoms with Crippen LogP contribution in [0.5, 0.6) is 0 Å². The number of carboxylic acids is 1. The maximum absolute atomic E-state index is 12.5. The second kappa shape index (κ2) is 4.11. The molecule has 2 aliphatic heterocycles. The first-order valence-electron chi connectivity index (χ1n) is 5.46. The van der Waals surface area contributed by atoms with Crippen LogP contribution in [0.3, 0.4) is 0 Å². The summed E-state index contributed by atoms with van der Waals surface area (Å²) in [4.78, 5) is 22.8. The lowest BCUT2D eigenvalue weighted by molar-refractivity contribution is -0.218. The number of rotatable bonds is 1. The summed E-state index contributed by atoms with van der Waals surface area (Å²) in [7, 11) is 0. The minimum Gasteiger partial charge on any atom is -0.481 e. The van der Waals surface area contributed by atoms with E-state index in [0.717, 1.165) is 0 Å². The molecule has 0 aromatic rings. The molecule has 1 atom stereocenters. The van der Waals surface area contributed by atoms with Crippen molar-refractivity contribution < 1.29 is 32.6 Å². The normalized spacial score (nSPS) is 26.8. The van der Waals surface area contributed by atoms with Crippen LogP contribution in [0.25, 0.3) is 0 Å². The van der Waals surface area contributed by atoms with Gasteiger partial charge in [-0.25, -0.2) is 0 Å². The fraction of sp³-hybridized carbons (Fsp3) is 0.800. The van der Waals surface area contributed by atoms with Crippen molar-refractivity contribution in [2.24, 2.45) is 5.92 Å². The van der Waals surface area contributed by atoms with Crippen molar-refractivity contribution in [2.45, 2.75) is 24.6 Å². The lowest BCUT2D eigenvalue weighted by Crippen LogP contribution is -2.69. The Bertz CT molecular complexity index is 378. The monoisotopic (exact) mass is 267 g/mol. The van der Waals surface area contributed by atoms with Crippen molar-refractivity contribution in [1.82, 2.24) is 4.90 Å². The van der Waals surface area contributed by atoms with E-state index in [1.165, 1.54) is 0 Å². The quantitative estimate of drug-likeness (QED) is 0.757. The van der Waals surface area contributed by atoms with Gasteiger partial charge < -0.3 is 14.7 Å². The number of hydrogen-bond donors (Lipinski definition) is 1. The van der Waals surface area contributed by atoms with Crippen molar-refractivity contribution in [1.29, 1.82) is 0 Å². The largest absolute Gasteiger partial charge is 0.481 e. The number of alkyl halides is 3. The molecule has 1 unspecified atom stereocenters. The molecule has 0 aliphatic carbocycles. The molecule has 1 N–H and O–H groups in total. The predicted molar refractivity (Wildman–Crippen MR) is 51.7 cm³/mol. The van der Waals surface area contributed by atoms with Crippen LogP contribution in [0.4, 0.5) is 13.2 Å². The Morgan fingerprint density at radius 3 is 2.33 bits per heavy atom. The Morgan fingerprint density at radius 1 is 1.33 bits per heavy atom. The molecule has 2 rings (SSSR count). The molecule has 0 aromatic heterocycles. The maximum atomic E-state index is 12.5. The Morgan fingerprint density at radius 2 is 1.94 bits per heavy atom. The number of ether oxygens (including phenoxy) is 1. The van der Waals surface area contributed by atoms with Crippen LogP contribution in [0.1, 0.15) is 12.8 Å². The molecule has 18 heavy (non-hydrogen) atoms. The van der Waals surface area contributed by atoms with Crippen LogP contribution in [0.15, 0.2) is 0 Å². The van der Waals surface area contributed by atoms with E-state index in [0.29, 0.717) is 4.90 Å². The lowest BCUT2D eigenvalue weighted by atomic mass is 9.80. The average Bonchev–Trinajstić information content (AvgIpc) is 2.23. The molecule has 1 spiro atoms. The van der Waals surface area contributed by atoms with Gasteiger partial charge in [0.15, 0.2) is 0 Å². The summed E-state index contributed by atoms with van der Waals surface area (Å²) in [6.07, 6.45) is -4.49. The zero-order chi connectivity index (χ0) is 13.6. The molecule has 2 fully saturated rings. The van der Waals surface area contributed by atoms with Crippen LogP contribution in [0.2, 0.25) is 0 Å². The number of carboxylic acid groups (broad SMARTS) is 1. The third-order valence-electron chi connectivity index (χ3n) is 3.51. The molecule has 2 saturated heterocycles. The van der Waals surface area contributed by atoms with E-state index >= 15 is 0 Å². The van der Waals surface area contributed by atoms with Crippen LogP contribution < -0.4 is 0 Å². The molecule has 5 nitrogen and oxygen atoms in total. The van der Waals surface area contributed by atoms with Crippen molar-refractivity contribution in [3.05, 3.63) is 0 Å².